The molecule has 1 saturated heterocycles. The third-order valence-electron chi connectivity index (χ3n) is 3.85. The summed E-state index contributed by atoms with van der Waals surface area (Å²) >= 11 is 0. The number of ether oxygens (including phenoxy) is 1. The first-order valence-electron chi connectivity index (χ1n) is 8.33. The number of hydrogen-bond acceptors (Lipinski definition) is 3. The molecule has 114 valence electrons. The van der Waals surface area contributed by atoms with E-state index in [-0.39, 0.29) is 0 Å². The minimum Gasteiger partial charge on any atom is -0.381 e. The number of likely N-dealkylation sites (tertiary alicyclic amines) is 1. The van der Waals surface area contributed by atoms with Crippen molar-refractivity contribution >= 4 is 0 Å². The normalized spacial score (nSPS) is 18.0. The summed E-state index contributed by atoms with van der Waals surface area (Å²) in [7, 11) is 0. The van der Waals surface area contributed by atoms with Gasteiger partial charge in [0.05, 0.1) is 0 Å². The van der Waals surface area contributed by atoms with Gasteiger partial charge in [-0.15, -0.1) is 0 Å². The van der Waals surface area contributed by atoms with Crippen LogP contribution in [0.1, 0.15) is 52.4 Å². The molecule has 0 radical (unpaired) electrons. The summed E-state index contributed by atoms with van der Waals surface area (Å²) in [5.41, 5.74) is 0. The van der Waals surface area contributed by atoms with E-state index < -0.39 is 0 Å². The van der Waals surface area contributed by atoms with Crippen molar-refractivity contribution in [3.63, 3.8) is 0 Å². The van der Waals surface area contributed by atoms with Gasteiger partial charge in [-0.1, -0.05) is 20.3 Å². The molecule has 1 aliphatic heterocycles. The quantitative estimate of drug-likeness (QED) is 0.552. The Hall–Kier alpha value is -0.120. The van der Waals surface area contributed by atoms with Crippen molar-refractivity contribution in [2.45, 2.75) is 52.4 Å². The lowest BCUT2D eigenvalue weighted by molar-refractivity contribution is 0.0997. The Balaban J connectivity index is 1.73. The molecule has 1 heterocycles. The van der Waals surface area contributed by atoms with E-state index in [0.717, 1.165) is 38.6 Å². The lowest BCUT2D eigenvalue weighted by atomic mass is 10.1. The van der Waals surface area contributed by atoms with Crippen LogP contribution in [-0.4, -0.2) is 50.8 Å². The lowest BCUT2D eigenvalue weighted by Crippen LogP contribution is -2.25. The number of hydrogen-bond donors (Lipinski definition) is 1. The van der Waals surface area contributed by atoms with Gasteiger partial charge in [-0.2, -0.15) is 0 Å². The standard InChI is InChI=1S/C16H34N2O/c1-3-8-16(2)15-19-14-7-10-17-9-6-13-18-11-4-5-12-18/h16-17H,3-15H2,1-2H3. The van der Waals surface area contributed by atoms with Crippen molar-refractivity contribution in [3.05, 3.63) is 0 Å². The first-order valence-corrected chi connectivity index (χ1v) is 8.33. The predicted octanol–water partition coefficient (Wildman–Crippen LogP) is 2.90. The molecule has 0 aromatic rings. The molecule has 3 nitrogen and oxygen atoms in total. The fraction of sp³-hybridized carbons (Fsp3) is 1.00. The Kier molecular flexibility index (Phi) is 10.4. The van der Waals surface area contributed by atoms with Crippen LogP contribution < -0.4 is 5.32 Å². The van der Waals surface area contributed by atoms with Crippen molar-refractivity contribution in [3.8, 4) is 0 Å². The molecule has 0 aromatic heterocycles. The molecule has 3 heteroatoms. The average molecular weight is 270 g/mol. The van der Waals surface area contributed by atoms with Gasteiger partial charge in [0.25, 0.3) is 0 Å². The van der Waals surface area contributed by atoms with Crippen molar-refractivity contribution in [2.24, 2.45) is 5.92 Å². The second-order valence-electron chi connectivity index (χ2n) is 5.97. The predicted molar refractivity (Wildman–Crippen MR) is 82.7 cm³/mol. The maximum atomic E-state index is 5.69. The van der Waals surface area contributed by atoms with Crippen LogP contribution in [0, 0.1) is 5.92 Å². The Bertz CT molecular complexity index is 193. The third kappa shape index (κ3) is 9.42. The molecule has 1 N–H and O–H groups in total. The van der Waals surface area contributed by atoms with E-state index >= 15 is 0 Å². The molecule has 0 aliphatic carbocycles. The fourth-order valence-electron chi connectivity index (χ4n) is 2.72. The van der Waals surface area contributed by atoms with E-state index in [2.05, 4.69) is 24.1 Å². The second-order valence-corrected chi connectivity index (χ2v) is 5.97. The Morgan fingerprint density at radius 2 is 1.89 bits per heavy atom. The highest BCUT2D eigenvalue weighted by Gasteiger charge is 2.09. The molecule has 0 spiro atoms. The second kappa shape index (κ2) is 11.7. The molecular formula is C16H34N2O. The van der Waals surface area contributed by atoms with Crippen LogP contribution in [0.4, 0.5) is 0 Å². The Morgan fingerprint density at radius 3 is 2.63 bits per heavy atom. The Labute approximate surface area is 120 Å². The first kappa shape index (κ1) is 16.9. The highest BCUT2D eigenvalue weighted by Crippen LogP contribution is 2.07. The first-order chi connectivity index (χ1) is 9.33. The summed E-state index contributed by atoms with van der Waals surface area (Å²) in [5, 5.41) is 3.52. The van der Waals surface area contributed by atoms with Crippen LogP contribution in [0.15, 0.2) is 0 Å². The van der Waals surface area contributed by atoms with E-state index in [4.69, 9.17) is 4.74 Å². The summed E-state index contributed by atoms with van der Waals surface area (Å²) in [4.78, 5) is 2.58. The summed E-state index contributed by atoms with van der Waals surface area (Å²) in [6.45, 7) is 12.5. The maximum absolute atomic E-state index is 5.69. The van der Waals surface area contributed by atoms with Crippen molar-refractivity contribution in [1.29, 1.82) is 0 Å². The van der Waals surface area contributed by atoms with Gasteiger partial charge in [-0.25, -0.2) is 0 Å². The average Bonchev–Trinajstić information content (AvgIpc) is 2.90. The maximum Gasteiger partial charge on any atom is 0.0491 e. The van der Waals surface area contributed by atoms with Gasteiger partial charge in [-0.3, -0.25) is 0 Å². The van der Waals surface area contributed by atoms with Crippen LogP contribution in [-0.2, 0) is 4.74 Å². The molecule has 1 atom stereocenters. The van der Waals surface area contributed by atoms with Gasteiger partial charge in [0.2, 0.25) is 0 Å². The van der Waals surface area contributed by atoms with Gasteiger partial charge in [0.15, 0.2) is 0 Å². The van der Waals surface area contributed by atoms with Gasteiger partial charge in [0, 0.05) is 13.2 Å². The zero-order valence-electron chi connectivity index (χ0n) is 13.1. The highest BCUT2D eigenvalue weighted by atomic mass is 16.5. The summed E-state index contributed by atoms with van der Waals surface area (Å²) in [6.07, 6.45) is 7.79. The van der Waals surface area contributed by atoms with E-state index in [0.29, 0.717) is 0 Å². The fourth-order valence-corrected chi connectivity index (χ4v) is 2.72. The lowest BCUT2D eigenvalue weighted by Gasteiger charge is -2.14. The van der Waals surface area contributed by atoms with Crippen LogP contribution in [0.25, 0.3) is 0 Å². The highest BCUT2D eigenvalue weighted by molar-refractivity contribution is 4.66. The van der Waals surface area contributed by atoms with Gasteiger partial charge < -0.3 is 15.0 Å². The van der Waals surface area contributed by atoms with Crippen LogP contribution in [0.2, 0.25) is 0 Å². The molecule has 1 aliphatic rings. The molecule has 0 bridgehead atoms. The van der Waals surface area contributed by atoms with Crippen LogP contribution in [0.5, 0.6) is 0 Å². The number of rotatable bonds is 12. The summed E-state index contributed by atoms with van der Waals surface area (Å²) < 4.78 is 5.69. The van der Waals surface area contributed by atoms with E-state index in [9.17, 15) is 0 Å². The minimum absolute atomic E-state index is 0.721. The third-order valence-corrected chi connectivity index (χ3v) is 3.85. The Morgan fingerprint density at radius 1 is 1.16 bits per heavy atom. The van der Waals surface area contributed by atoms with Crippen LogP contribution in [0.3, 0.4) is 0 Å². The zero-order valence-corrected chi connectivity index (χ0v) is 13.1. The molecule has 0 amide bonds. The van der Waals surface area contributed by atoms with Crippen molar-refractivity contribution in [2.75, 3.05) is 45.9 Å². The molecule has 1 rings (SSSR count). The summed E-state index contributed by atoms with van der Waals surface area (Å²) in [6, 6.07) is 0. The molecule has 0 aromatic carbocycles. The smallest absolute Gasteiger partial charge is 0.0491 e. The molecule has 0 saturated carbocycles. The van der Waals surface area contributed by atoms with Crippen LogP contribution >= 0.6 is 0 Å². The van der Waals surface area contributed by atoms with E-state index in [1.807, 2.05) is 0 Å². The SMILES string of the molecule is CCCC(C)COCCCNCCCN1CCCC1. The topological polar surface area (TPSA) is 24.5 Å². The minimum atomic E-state index is 0.721. The van der Waals surface area contributed by atoms with E-state index in [1.54, 1.807) is 0 Å². The monoisotopic (exact) mass is 270 g/mol. The number of nitrogens with zero attached hydrogens (tertiary/aromatic N) is 1. The molecule has 1 fully saturated rings. The van der Waals surface area contributed by atoms with Gasteiger partial charge in [0.1, 0.15) is 0 Å². The largest absolute Gasteiger partial charge is 0.381 e. The van der Waals surface area contributed by atoms with Gasteiger partial charge in [-0.05, 0) is 70.7 Å². The van der Waals surface area contributed by atoms with Crippen molar-refractivity contribution in [1.82, 2.24) is 10.2 Å². The van der Waals surface area contributed by atoms with E-state index in [1.165, 1.54) is 51.7 Å². The molecule has 19 heavy (non-hydrogen) atoms. The summed E-state index contributed by atoms with van der Waals surface area (Å²) in [5.74, 6) is 0.721. The van der Waals surface area contributed by atoms with Crippen molar-refractivity contribution < 1.29 is 4.74 Å². The number of nitrogens with one attached hydrogen (secondary N) is 1. The molecular weight excluding hydrogens is 236 g/mol. The molecule has 1 unspecified atom stereocenters. The van der Waals surface area contributed by atoms with Gasteiger partial charge >= 0.3 is 0 Å². The zero-order chi connectivity index (χ0) is 13.8.